The van der Waals surface area contributed by atoms with E-state index in [-0.39, 0.29) is 5.60 Å². The second kappa shape index (κ2) is 6.87. The fraction of sp³-hybridized carbons (Fsp3) is 0.625. The lowest BCUT2D eigenvalue weighted by Gasteiger charge is -2.47. The van der Waals surface area contributed by atoms with Crippen molar-refractivity contribution >= 4 is 15.9 Å². The van der Waals surface area contributed by atoms with Crippen molar-refractivity contribution < 1.29 is 4.74 Å². The molecule has 1 N–H and O–H groups in total. The lowest BCUT2D eigenvalue weighted by molar-refractivity contribution is -0.0980. The van der Waals surface area contributed by atoms with Gasteiger partial charge in [-0.15, -0.1) is 0 Å². The van der Waals surface area contributed by atoms with Gasteiger partial charge in [0.05, 0.1) is 5.60 Å². The van der Waals surface area contributed by atoms with Gasteiger partial charge >= 0.3 is 0 Å². The number of ether oxygens (including phenoxy) is 1. The zero-order valence-corrected chi connectivity index (χ0v) is 13.5. The Labute approximate surface area is 125 Å². The molecule has 0 amide bonds. The smallest absolute Gasteiger partial charge is 0.0834 e. The summed E-state index contributed by atoms with van der Waals surface area (Å²) in [5.41, 5.74) is 1.41. The van der Waals surface area contributed by atoms with Crippen LogP contribution >= 0.6 is 15.9 Å². The molecule has 3 heteroatoms. The minimum Gasteiger partial charge on any atom is -0.377 e. The van der Waals surface area contributed by atoms with Crippen molar-refractivity contribution in [3.05, 3.63) is 34.3 Å². The molecule has 1 atom stereocenters. The molecule has 0 saturated heterocycles. The Morgan fingerprint density at radius 1 is 1.37 bits per heavy atom. The number of methoxy groups -OCH3 is 1. The van der Waals surface area contributed by atoms with Gasteiger partial charge in [-0.05, 0) is 50.3 Å². The SMILES string of the molecule is CCCNC(Cc1ccccc1Br)C1(OC)CCC1. The third-order valence-electron chi connectivity index (χ3n) is 4.26. The first kappa shape index (κ1) is 15.0. The van der Waals surface area contributed by atoms with Crippen LogP contribution in [0.4, 0.5) is 0 Å². The second-order valence-electron chi connectivity index (χ2n) is 5.42. The molecule has 0 heterocycles. The zero-order valence-electron chi connectivity index (χ0n) is 11.9. The van der Waals surface area contributed by atoms with Gasteiger partial charge in [0, 0.05) is 17.6 Å². The van der Waals surface area contributed by atoms with Crippen LogP contribution in [0.15, 0.2) is 28.7 Å². The van der Waals surface area contributed by atoms with E-state index >= 15 is 0 Å². The van der Waals surface area contributed by atoms with Crippen molar-refractivity contribution in [2.24, 2.45) is 0 Å². The molecule has 1 aliphatic carbocycles. The summed E-state index contributed by atoms with van der Waals surface area (Å²) in [7, 11) is 1.86. The van der Waals surface area contributed by atoms with E-state index in [0.29, 0.717) is 6.04 Å². The normalized spacial score (nSPS) is 18.9. The quantitative estimate of drug-likeness (QED) is 0.820. The molecular formula is C16H24BrNO. The summed E-state index contributed by atoms with van der Waals surface area (Å²) in [4.78, 5) is 0. The van der Waals surface area contributed by atoms with Crippen LogP contribution in [0, 0.1) is 0 Å². The molecule has 106 valence electrons. The van der Waals surface area contributed by atoms with Gasteiger partial charge in [0.1, 0.15) is 0 Å². The van der Waals surface area contributed by atoms with Crippen molar-refractivity contribution in [2.45, 2.75) is 50.7 Å². The highest BCUT2D eigenvalue weighted by Crippen LogP contribution is 2.39. The molecule has 19 heavy (non-hydrogen) atoms. The first-order valence-electron chi connectivity index (χ1n) is 7.24. The Kier molecular flexibility index (Phi) is 5.43. The van der Waals surface area contributed by atoms with Crippen LogP contribution in [0.1, 0.15) is 38.2 Å². The predicted octanol–water partition coefficient (Wildman–Crippen LogP) is 3.93. The van der Waals surface area contributed by atoms with Gasteiger partial charge in [-0.3, -0.25) is 0 Å². The monoisotopic (exact) mass is 325 g/mol. The number of benzene rings is 1. The molecule has 0 bridgehead atoms. The Hall–Kier alpha value is -0.380. The minimum atomic E-state index is 0.0461. The fourth-order valence-corrected chi connectivity index (χ4v) is 3.31. The topological polar surface area (TPSA) is 21.3 Å². The van der Waals surface area contributed by atoms with E-state index in [1.54, 1.807) is 0 Å². The Bertz CT molecular complexity index is 398. The maximum Gasteiger partial charge on any atom is 0.0834 e. The maximum atomic E-state index is 5.87. The van der Waals surface area contributed by atoms with Gasteiger partial charge in [-0.1, -0.05) is 41.1 Å². The van der Waals surface area contributed by atoms with Crippen molar-refractivity contribution in [2.75, 3.05) is 13.7 Å². The highest BCUT2D eigenvalue weighted by atomic mass is 79.9. The molecule has 1 aromatic rings. The van der Waals surface area contributed by atoms with E-state index in [2.05, 4.69) is 52.4 Å². The molecule has 0 spiro atoms. The number of hydrogen-bond donors (Lipinski definition) is 1. The summed E-state index contributed by atoms with van der Waals surface area (Å²) in [6.45, 7) is 3.27. The van der Waals surface area contributed by atoms with Gasteiger partial charge in [0.15, 0.2) is 0 Å². The summed E-state index contributed by atoms with van der Waals surface area (Å²) >= 11 is 3.65. The highest BCUT2D eigenvalue weighted by Gasteiger charge is 2.44. The van der Waals surface area contributed by atoms with Crippen molar-refractivity contribution in [3.8, 4) is 0 Å². The molecule has 0 radical (unpaired) electrons. The first-order valence-corrected chi connectivity index (χ1v) is 8.03. The Balaban J connectivity index is 2.12. The Morgan fingerprint density at radius 3 is 2.63 bits per heavy atom. The standard InChI is InChI=1S/C16H24BrNO/c1-3-11-18-15(16(19-2)9-6-10-16)12-13-7-4-5-8-14(13)17/h4-5,7-8,15,18H,3,6,9-12H2,1-2H3. The van der Waals surface area contributed by atoms with Crippen molar-refractivity contribution in [3.63, 3.8) is 0 Å². The minimum absolute atomic E-state index is 0.0461. The van der Waals surface area contributed by atoms with Crippen molar-refractivity contribution in [1.29, 1.82) is 0 Å². The molecule has 1 aromatic carbocycles. The molecule has 2 rings (SSSR count). The van der Waals surface area contributed by atoms with E-state index in [0.717, 1.165) is 19.4 Å². The largest absolute Gasteiger partial charge is 0.377 e. The van der Waals surface area contributed by atoms with Gasteiger partial charge < -0.3 is 10.1 Å². The predicted molar refractivity (Wildman–Crippen MR) is 83.5 cm³/mol. The molecule has 1 aliphatic rings. The summed E-state index contributed by atoms with van der Waals surface area (Å²) in [5.74, 6) is 0. The lowest BCUT2D eigenvalue weighted by atomic mass is 9.72. The van der Waals surface area contributed by atoms with Crippen LogP contribution in [0.2, 0.25) is 0 Å². The van der Waals surface area contributed by atoms with Gasteiger partial charge in [0.2, 0.25) is 0 Å². The zero-order chi connectivity index (χ0) is 13.7. The number of hydrogen-bond acceptors (Lipinski definition) is 2. The average molecular weight is 326 g/mol. The molecule has 1 unspecified atom stereocenters. The number of halogens is 1. The van der Waals surface area contributed by atoms with Gasteiger partial charge in [-0.2, -0.15) is 0 Å². The van der Waals surface area contributed by atoms with Gasteiger partial charge in [-0.25, -0.2) is 0 Å². The summed E-state index contributed by atoms with van der Waals surface area (Å²) in [5, 5.41) is 3.69. The molecule has 2 nitrogen and oxygen atoms in total. The number of nitrogens with one attached hydrogen (secondary N) is 1. The molecule has 0 aliphatic heterocycles. The molecule has 1 saturated carbocycles. The lowest BCUT2D eigenvalue weighted by Crippen LogP contribution is -2.57. The van der Waals surface area contributed by atoms with Crippen LogP contribution in [0.25, 0.3) is 0 Å². The Morgan fingerprint density at radius 2 is 2.11 bits per heavy atom. The fourth-order valence-electron chi connectivity index (χ4n) is 2.87. The van der Waals surface area contributed by atoms with Crippen LogP contribution in [0.3, 0.4) is 0 Å². The summed E-state index contributed by atoms with van der Waals surface area (Å²) in [6, 6.07) is 8.90. The van der Waals surface area contributed by atoms with Crippen LogP contribution in [-0.4, -0.2) is 25.3 Å². The molecule has 0 aromatic heterocycles. The first-order chi connectivity index (χ1) is 9.22. The van der Waals surface area contributed by atoms with E-state index in [4.69, 9.17) is 4.74 Å². The molecule has 1 fully saturated rings. The van der Waals surface area contributed by atoms with E-state index < -0.39 is 0 Å². The summed E-state index contributed by atoms with van der Waals surface area (Å²) in [6.07, 6.45) is 5.82. The third-order valence-corrected chi connectivity index (χ3v) is 5.04. The van der Waals surface area contributed by atoms with E-state index in [1.165, 1.54) is 29.3 Å². The van der Waals surface area contributed by atoms with E-state index in [1.807, 2.05) is 7.11 Å². The van der Waals surface area contributed by atoms with E-state index in [9.17, 15) is 0 Å². The average Bonchev–Trinajstić information content (AvgIpc) is 2.37. The highest BCUT2D eigenvalue weighted by molar-refractivity contribution is 9.10. The van der Waals surface area contributed by atoms with Crippen LogP contribution in [0.5, 0.6) is 0 Å². The molecular weight excluding hydrogens is 302 g/mol. The van der Waals surface area contributed by atoms with Gasteiger partial charge in [0.25, 0.3) is 0 Å². The second-order valence-corrected chi connectivity index (χ2v) is 6.28. The van der Waals surface area contributed by atoms with Crippen LogP contribution in [-0.2, 0) is 11.2 Å². The summed E-state index contributed by atoms with van der Waals surface area (Å²) < 4.78 is 7.07. The maximum absolute atomic E-state index is 5.87. The van der Waals surface area contributed by atoms with Crippen LogP contribution < -0.4 is 5.32 Å². The third kappa shape index (κ3) is 3.39. The van der Waals surface area contributed by atoms with Crippen molar-refractivity contribution in [1.82, 2.24) is 5.32 Å². The number of rotatable bonds is 7.